The van der Waals surface area contributed by atoms with E-state index in [4.69, 9.17) is 9.72 Å². The molecule has 22 heavy (non-hydrogen) atoms. The van der Waals surface area contributed by atoms with Crippen molar-refractivity contribution < 1.29 is 4.74 Å². The van der Waals surface area contributed by atoms with Crippen LogP contribution in [-0.4, -0.2) is 12.1 Å². The Hall–Kier alpha value is -1.52. The van der Waals surface area contributed by atoms with Crippen LogP contribution in [-0.2, 0) is 5.75 Å². The molecule has 0 saturated heterocycles. The fraction of sp³-hybridized carbons (Fsp3) is 0.167. The van der Waals surface area contributed by atoms with Gasteiger partial charge in [0.15, 0.2) is 0 Å². The van der Waals surface area contributed by atoms with E-state index in [1.165, 1.54) is 11.1 Å². The maximum Gasteiger partial charge on any atom is 0.145 e. The molecule has 112 valence electrons. The average Bonchev–Trinajstić information content (AvgIpc) is 2.54. The van der Waals surface area contributed by atoms with Gasteiger partial charge < -0.3 is 4.74 Å². The molecule has 0 saturated carbocycles. The lowest BCUT2D eigenvalue weighted by atomic mass is 10.1. The third kappa shape index (κ3) is 3.28. The number of hydrogen-bond donors (Lipinski definition) is 0. The van der Waals surface area contributed by atoms with Crippen LogP contribution in [0.15, 0.2) is 58.0 Å². The number of benzene rings is 2. The van der Waals surface area contributed by atoms with Crippen LogP contribution in [0.1, 0.15) is 11.1 Å². The second kappa shape index (κ2) is 6.71. The molecule has 0 amide bonds. The van der Waals surface area contributed by atoms with Gasteiger partial charge in [0.2, 0.25) is 0 Å². The van der Waals surface area contributed by atoms with Crippen LogP contribution in [0, 0.1) is 6.92 Å². The highest BCUT2D eigenvalue weighted by atomic mass is 79.9. The van der Waals surface area contributed by atoms with E-state index in [1.807, 2.05) is 12.1 Å². The Morgan fingerprint density at radius 3 is 2.64 bits per heavy atom. The minimum absolute atomic E-state index is 0.826. The topological polar surface area (TPSA) is 22.1 Å². The zero-order chi connectivity index (χ0) is 15.5. The lowest BCUT2D eigenvalue weighted by Gasteiger charge is -2.09. The van der Waals surface area contributed by atoms with Gasteiger partial charge in [-0.05, 0) is 42.3 Å². The van der Waals surface area contributed by atoms with Crippen molar-refractivity contribution >= 4 is 38.6 Å². The molecule has 2 nitrogen and oxygen atoms in total. The van der Waals surface area contributed by atoms with E-state index in [2.05, 4.69) is 59.3 Å². The van der Waals surface area contributed by atoms with E-state index >= 15 is 0 Å². The molecular formula is C18H16BrNOS. The number of thioether (sulfide) groups is 1. The molecule has 2 aromatic carbocycles. The van der Waals surface area contributed by atoms with Crippen molar-refractivity contribution in [1.29, 1.82) is 0 Å². The number of halogens is 1. The number of nitrogens with zero attached hydrogens (tertiary/aromatic N) is 1. The van der Waals surface area contributed by atoms with E-state index in [-0.39, 0.29) is 0 Å². The summed E-state index contributed by atoms with van der Waals surface area (Å²) >= 11 is 5.21. The van der Waals surface area contributed by atoms with Crippen LogP contribution >= 0.6 is 27.7 Å². The third-order valence-electron chi connectivity index (χ3n) is 3.51. The summed E-state index contributed by atoms with van der Waals surface area (Å²) in [7, 11) is 1.69. The monoisotopic (exact) mass is 373 g/mol. The summed E-state index contributed by atoms with van der Waals surface area (Å²) in [4.78, 5) is 4.77. The summed E-state index contributed by atoms with van der Waals surface area (Å²) in [6.45, 7) is 2.12. The number of aryl methyl sites for hydroxylation is 1. The van der Waals surface area contributed by atoms with Crippen molar-refractivity contribution in [2.24, 2.45) is 0 Å². The van der Waals surface area contributed by atoms with Crippen LogP contribution in [0.3, 0.4) is 0 Å². The zero-order valence-electron chi connectivity index (χ0n) is 12.5. The number of fused-ring (bicyclic) bond motifs is 1. The van der Waals surface area contributed by atoms with E-state index < -0.39 is 0 Å². The number of hydrogen-bond acceptors (Lipinski definition) is 3. The van der Waals surface area contributed by atoms with Gasteiger partial charge in [0.25, 0.3) is 0 Å². The van der Waals surface area contributed by atoms with Crippen LogP contribution in [0.5, 0.6) is 5.75 Å². The minimum Gasteiger partial charge on any atom is -0.494 e. The van der Waals surface area contributed by atoms with E-state index in [0.717, 1.165) is 31.9 Å². The summed E-state index contributed by atoms with van der Waals surface area (Å²) in [5.74, 6) is 1.73. The van der Waals surface area contributed by atoms with Gasteiger partial charge in [-0.1, -0.05) is 40.2 Å². The lowest BCUT2D eigenvalue weighted by Crippen LogP contribution is -1.92. The summed E-state index contributed by atoms with van der Waals surface area (Å²) in [5.41, 5.74) is 3.44. The molecule has 0 fully saturated rings. The molecule has 3 aromatic rings. The number of aromatic nitrogens is 1. The molecule has 0 atom stereocenters. The van der Waals surface area contributed by atoms with Crippen molar-refractivity contribution in [3.8, 4) is 5.75 Å². The molecule has 1 heterocycles. The highest BCUT2D eigenvalue weighted by molar-refractivity contribution is 9.10. The first kappa shape index (κ1) is 15.4. The van der Waals surface area contributed by atoms with Gasteiger partial charge in [-0.3, -0.25) is 0 Å². The first-order valence-corrected chi connectivity index (χ1v) is 8.77. The number of para-hydroxylation sites is 1. The Bertz CT molecular complexity index is 802. The van der Waals surface area contributed by atoms with Crippen LogP contribution in [0.4, 0.5) is 0 Å². The van der Waals surface area contributed by atoms with E-state index in [1.54, 1.807) is 18.9 Å². The van der Waals surface area contributed by atoms with Crippen LogP contribution in [0.25, 0.3) is 10.9 Å². The normalized spacial score (nSPS) is 10.9. The average molecular weight is 374 g/mol. The predicted molar refractivity (Wildman–Crippen MR) is 96.7 cm³/mol. The van der Waals surface area contributed by atoms with Gasteiger partial charge in [-0.15, -0.1) is 11.8 Å². The van der Waals surface area contributed by atoms with Gasteiger partial charge in [-0.25, -0.2) is 4.98 Å². The molecule has 0 aliphatic rings. The Labute approximate surface area is 143 Å². The Morgan fingerprint density at radius 2 is 1.91 bits per heavy atom. The van der Waals surface area contributed by atoms with Crippen molar-refractivity contribution in [3.63, 3.8) is 0 Å². The zero-order valence-corrected chi connectivity index (χ0v) is 14.9. The number of methoxy groups -OCH3 is 1. The molecule has 4 heteroatoms. The predicted octanol–water partition coefficient (Wildman–Crippen LogP) is 5.61. The molecular weight excluding hydrogens is 358 g/mol. The maximum atomic E-state index is 5.44. The largest absolute Gasteiger partial charge is 0.494 e. The van der Waals surface area contributed by atoms with E-state index in [9.17, 15) is 0 Å². The molecule has 3 rings (SSSR count). The first-order chi connectivity index (χ1) is 10.7. The highest BCUT2D eigenvalue weighted by Gasteiger charge is 2.08. The van der Waals surface area contributed by atoms with Gasteiger partial charge in [0, 0.05) is 15.6 Å². The first-order valence-electron chi connectivity index (χ1n) is 6.99. The number of rotatable bonds is 4. The number of ether oxygens (including phenoxy) is 1. The fourth-order valence-corrected chi connectivity index (χ4v) is 3.53. The van der Waals surface area contributed by atoms with Crippen molar-refractivity contribution in [3.05, 3.63) is 64.1 Å². The smallest absolute Gasteiger partial charge is 0.145 e. The second-order valence-electron chi connectivity index (χ2n) is 5.05. The van der Waals surface area contributed by atoms with Crippen molar-refractivity contribution in [2.75, 3.05) is 7.11 Å². The Kier molecular flexibility index (Phi) is 4.69. The second-order valence-corrected chi connectivity index (χ2v) is 6.96. The van der Waals surface area contributed by atoms with Gasteiger partial charge in [-0.2, -0.15) is 0 Å². The molecule has 0 aliphatic carbocycles. The molecule has 0 spiro atoms. The van der Waals surface area contributed by atoms with Gasteiger partial charge in [0.05, 0.1) is 12.1 Å². The fourth-order valence-electron chi connectivity index (χ4n) is 2.34. The SMILES string of the molecule is COc1cccc2c(C)cc(SCc3ccc(Br)cc3)nc12. The van der Waals surface area contributed by atoms with Gasteiger partial charge >= 0.3 is 0 Å². The molecule has 0 bridgehead atoms. The summed E-state index contributed by atoms with van der Waals surface area (Å²) < 4.78 is 6.54. The quantitative estimate of drug-likeness (QED) is 0.555. The molecule has 0 aliphatic heterocycles. The summed E-state index contributed by atoms with van der Waals surface area (Å²) in [6.07, 6.45) is 0. The Balaban J connectivity index is 1.89. The summed E-state index contributed by atoms with van der Waals surface area (Å²) in [6, 6.07) is 16.6. The standard InChI is InChI=1S/C18H16BrNOS/c1-12-10-17(22-11-13-6-8-14(19)9-7-13)20-18-15(12)4-3-5-16(18)21-2/h3-10H,11H2,1-2H3. The van der Waals surface area contributed by atoms with E-state index in [0.29, 0.717) is 0 Å². The molecule has 0 radical (unpaired) electrons. The van der Waals surface area contributed by atoms with Crippen LogP contribution < -0.4 is 4.74 Å². The maximum absolute atomic E-state index is 5.44. The molecule has 0 unspecified atom stereocenters. The van der Waals surface area contributed by atoms with Crippen LogP contribution in [0.2, 0.25) is 0 Å². The van der Waals surface area contributed by atoms with Gasteiger partial charge in [0.1, 0.15) is 11.3 Å². The van der Waals surface area contributed by atoms with Crippen molar-refractivity contribution in [1.82, 2.24) is 4.98 Å². The lowest BCUT2D eigenvalue weighted by molar-refractivity contribution is 0.418. The third-order valence-corrected chi connectivity index (χ3v) is 5.02. The summed E-state index contributed by atoms with van der Waals surface area (Å²) in [5, 5.41) is 2.17. The Morgan fingerprint density at radius 1 is 1.14 bits per heavy atom. The molecule has 0 N–H and O–H groups in total. The number of pyridine rings is 1. The molecule has 1 aromatic heterocycles. The van der Waals surface area contributed by atoms with Crippen molar-refractivity contribution in [2.45, 2.75) is 17.7 Å². The highest BCUT2D eigenvalue weighted by Crippen LogP contribution is 2.30. The minimum atomic E-state index is 0.826.